The van der Waals surface area contributed by atoms with Gasteiger partial charge < -0.3 is 16.0 Å². The summed E-state index contributed by atoms with van der Waals surface area (Å²) in [4.78, 5) is 26.7. The Hall–Kier alpha value is -4.01. The van der Waals surface area contributed by atoms with Crippen molar-refractivity contribution in [2.24, 2.45) is 0 Å². The zero-order valence-electron chi connectivity index (χ0n) is 16.8. The van der Waals surface area contributed by atoms with Crippen molar-refractivity contribution in [1.82, 2.24) is 19.5 Å². The molecule has 2 aromatic heterocycles. The van der Waals surface area contributed by atoms with Crippen LogP contribution in [0.1, 0.15) is 25.2 Å². The van der Waals surface area contributed by atoms with E-state index in [-0.39, 0.29) is 11.4 Å². The van der Waals surface area contributed by atoms with E-state index >= 15 is 0 Å². The number of aromatic nitrogens is 4. The predicted octanol–water partition coefficient (Wildman–Crippen LogP) is 3.67. The zero-order chi connectivity index (χ0) is 21.4. The summed E-state index contributed by atoms with van der Waals surface area (Å²) >= 11 is 0. The van der Waals surface area contributed by atoms with Gasteiger partial charge in [0, 0.05) is 0 Å². The molecule has 8 nitrogen and oxygen atoms in total. The van der Waals surface area contributed by atoms with Crippen molar-refractivity contribution in [3.8, 4) is 5.69 Å². The Morgan fingerprint density at radius 3 is 2.77 bits per heavy atom. The van der Waals surface area contributed by atoms with Crippen LogP contribution in [-0.4, -0.2) is 26.2 Å². The van der Waals surface area contributed by atoms with E-state index in [1.165, 1.54) is 17.0 Å². The van der Waals surface area contributed by atoms with Gasteiger partial charge in [-0.15, -0.1) is 0 Å². The van der Waals surface area contributed by atoms with Crippen LogP contribution in [-0.2, 0) is 0 Å². The Kier molecular flexibility index (Phi) is 4.70. The van der Waals surface area contributed by atoms with Crippen molar-refractivity contribution in [1.29, 1.82) is 0 Å². The molecule has 4 aromatic rings. The SMILES string of the molecule is CC[C@H](Nc1ncnc2c1NCN2)c1nc2cccc(F)c2c(=O)n1-c1ccccc1. The topological polar surface area (TPSA) is 96.8 Å². The number of para-hydroxylation sites is 1. The molecular weight excluding hydrogens is 397 g/mol. The van der Waals surface area contributed by atoms with E-state index in [9.17, 15) is 9.18 Å². The number of nitrogens with zero attached hydrogens (tertiary/aromatic N) is 4. The molecule has 156 valence electrons. The quantitative estimate of drug-likeness (QED) is 0.456. The van der Waals surface area contributed by atoms with Crippen LogP contribution < -0.4 is 21.5 Å². The third kappa shape index (κ3) is 3.24. The Morgan fingerprint density at radius 1 is 1.13 bits per heavy atom. The molecule has 1 aliphatic heterocycles. The number of nitrogens with one attached hydrogen (secondary N) is 3. The maximum Gasteiger partial charge on any atom is 0.269 e. The normalized spacial score (nSPS) is 13.4. The molecule has 0 aliphatic carbocycles. The Labute approximate surface area is 177 Å². The van der Waals surface area contributed by atoms with Gasteiger partial charge in [-0.05, 0) is 30.7 Å². The monoisotopic (exact) mass is 417 g/mol. The molecule has 1 aliphatic rings. The summed E-state index contributed by atoms with van der Waals surface area (Å²) in [5.74, 6) is 1.21. The first-order chi connectivity index (χ1) is 15.2. The van der Waals surface area contributed by atoms with Crippen LogP contribution in [0.5, 0.6) is 0 Å². The fourth-order valence-electron chi connectivity index (χ4n) is 3.79. The highest BCUT2D eigenvalue weighted by molar-refractivity contribution is 5.81. The number of fused-ring (bicyclic) bond motifs is 2. The number of benzene rings is 2. The second-order valence-electron chi connectivity index (χ2n) is 7.16. The van der Waals surface area contributed by atoms with Gasteiger partial charge in [0.2, 0.25) is 0 Å². The lowest BCUT2D eigenvalue weighted by atomic mass is 10.1. The lowest BCUT2D eigenvalue weighted by Gasteiger charge is -2.23. The van der Waals surface area contributed by atoms with Gasteiger partial charge in [0.05, 0.1) is 23.9 Å². The van der Waals surface area contributed by atoms with Crippen molar-refractivity contribution in [3.63, 3.8) is 0 Å². The second kappa shape index (κ2) is 7.67. The van der Waals surface area contributed by atoms with Gasteiger partial charge in [0.15, 0.2) is 11.6 Å². The number of rotatable bonds is 5. The maximum absolute atomic E-state index is 14.6. The van der Waals surface area contributed by atoms with E-state index in [1.807, 2.05) is 25.1 Å². The molecule has 0 spiro atoms. The largest absolute Gasteiger partial charge is 0.362 e. The summed E-state index contributed by atoms with van der Waals surface area (Å²) in [6.45, 7) is 2.55. The highest BCUT2D eigenvalue weighted by Gasteiger charge is 2.24. The van der Waals surface area contributed by atoms with E-state index < -0.39 is 11.4 Å². The smallest absolute Gasteiger partial charge is 0.269 e. The van der Waals surface area contributed by atoms with Gasteiger partial charge in [-0.2, -0.15) is 0 Å². The molecule has 1 atom stereocenters. The molecule has 3 N–H and O–H groups in total. The molecule has 0 bridgehead atoms. The minimum atomic E-state index is -0.587. The van der Waals surface area contributed by atoms with Crippen LogP contribution >= 0.6 is 0 Å². The Bertz CT molecular complexity index is 1320. The molecule has 2 aromatic carbocycles. The van der Waals surface area contributed by atoms with Gasteiger partial charge in [0.25, 0.3) is 5.56 Å². The molecule has 0 fully saturated rings. The summed E-state index contributed by atoms with van der Waals surface area (Å²) < 4.78 is 16.0. The lowest BCUT2D eigenvalue weighted by Crippen LogP contribution is -2.28. The van der Waals surface area contributed by atoms with E-state index in [2.05, 4.69) is 25.9 Å². The average Bonchev–Trinajstić information content (AvgIpc) is 3.27. The number of anilines is 3. The molecule has 0 saturated carbocycles. The van der Waals surface area contributed by atoms with Crippen LogP contribution in [0.4, 0.5) is 21.7 Å². The fourth-order valence-corrected chi connectivity index (χ4v) is 3.79. The van der Waals surface area contributed by atoms with E-state index in [0.29, 0.717) is 41.8 Å². The number of hydrogen-bond acceptors (Lipinski definition) is 7. The predicted molar refractivity (Wildman–Crippen MR) is 118 cm³/mol. The number of hydrogen-bond donors (Lipinski definition) is 3. The van der Waals surface area contributed by atoms with E-state index in [4.69, 9.17) is 4.98 Å². The Morgan fingerprint density at radius 2 is 1.97 bits per heavy atom. The summed E-state index contributed by atoms with van der Waals surface area (Å²) in [5.41, 5.74) is 1.26. The molecular formula is C22H20FN7O. The molecule has 0 unspecified atom stereocenters. The Balaban J connectivity index is 1.71. The molecule has 0 amide bonds. The summed E-state index contributed by atoms with van der Waals surface area (Å²) in [6, 6.07) is 13.3. The van der Waals surface area contributed by atoms with Crippen LogP contribution in [0.2, 0.25) is 0 Å². The van der Waals surface area contributed by atoms with Gasteiger partial charge in [-0.25, -0.2) is 19.3 Å². The molecule has 5 rings (SSSR count). The highest BCUT2D eigenvalue weighted by Crippen LogP contribution is 2.33. The summed E-state index contributed by atoms with van der Waals surface area (Å²) in [5, 5.41) is 9.70. The van der Waals surface area contributed by atoms with Gasteiger partial charge >= 0.3 is 0 Å². The lowest BCUT2D eigenvalue weighted by molar-refractivity contribution is 0.630. The molecule has 3 heterocycles. The van der Waals surface area contributed by atoms with Gasteiger partial charge in [-0.1, -0.05) is 31.2 Å². The zero-order valence-corrected chi connectivity index (χ0v) is 16.8. The van der Waals surface area contributed by atoms with E-state index in [0.717, 1.165) is 5.69 Å². The third-order valence-corrected chi connectivity index (χ3v) is 5.29. The maximum atomic E-state index is 14.6. The van der Waals surface area contributed by atoms with Crippen LogP contribution in [0, 0.1) is 5.82 Å². The second-order valence-corrected chi connectivity index (χ2v) is 7.16. The standard InChI is InChI=1S/C22H20FN7O/c1-2-15(28-20-18-19(25-11-24-18)26-12-27-20)21-29-16-10-6-9-14(23)17(16)22(31)30(21)13-7-4-3-5-8-13/h3-10,12,15,24H,2,11H2,1H3,(H2,25,26,27,28)/t15-/m0/s1. The molecule has 0 radical (unpaired) electrons. The van der Waals surface area contributed by atoms with Gasteiger partial charge in [-0.3, -0.25) is 9.36 Å². The first kappa shape index (κ1) is 19.0. The van der Waals surface area contributed by atoms with Crippen LogP contribution in [0.25, 0.3) is 16.6 Å². The van der Waals surface area contributed by atoms with Crippen molar-refractivity contribution in [2.45, 2.75) is 19.4 Å². The highest BCUT2D eigenvalue weighted by atomic mass is 19.1. The van der Waals surface area contributed by atoms with Crippen LogP contribution in [0.3, 0.4) is 0 Å². The molecule has 31 heavy (non-hydrogen) atoms. The first-order valence-corrected chi connectivity index (χ1v) is 10.0. The van der Waals surface area contributed by atoms with Crippen LogP contribution in [0.15, 0.2) is 59.7 Å². The fraction of sp³-hybridized carbons (Fsp3) is 0.182. The summed E-state index contributed by atoms with van der Waals surface area (Å²) in [6.07, 6.45) is 2.09. The minimum absolute atomic E-state index is 0.0289. The van der Waals surface area contributed by atoms with E-state index in [1.54, 1.807) is 24.3 Å². The van der Waals surface area contributed by atoms with Crippen molar-refractivity contribution in [2.75, 3.05) is 22.6 Å². The first-order valence-electron chi connectivity index (χ1n) is 10.0. The van der Waals surface area contributed by atoms with Crippen molar-refractivity contribution >= 4 is 28.2 Å². The molecule has 9 heteroatoms. The summed E-state index contributed by atoms with van der Waals surface area (Å²) in [7, 11) is 0. The third-order valence-electron chi connectivity index (χ3n) is 5.29. The van der Waals surface area contributed by atoms with Gasteiger partial charge in [0.1, 0.15) is 29.0 Å². The molecule has 0 saturated heterocycles. The van der Waals surface area contributed by atoms with Crippen molar-refractivity contribution in [3.05, 3.63) is 76.9 Å². The average molecular weight is 417 g/mol. The minimum Gasteiger partial charge on any atom is -0.362 e. The number of halogens is 1. The van der Waals surface area contributed by atoms with Crippen molar-refractivity contribution < 1.29 is 4.39 Å².